The van der Waals surface area contributed by atoms with Crippen molar-refractivity contribution in [3.8, 4) is 22.3 Å². The van der Waals surface area contributed by atoms with Gasteiger partial charge in [0.2, 0.25) is 0 Å². The SMILES string of the molecule is CC1(C)c2ccccc2-c2ccc(N(c3ccc4c(c3)-c3c(ccc5c3oc3ccccc35)C4(C)C)c3cc4ccccc4c4ccccc34)cc21. The maximum absolute atomic E-state index is 6.71. The number of hydrogen-bond acceptors (Lipinski definition) is 2. The summed E-state index contributed by atoms with van der Waals surface area (Å²) in [4.78, 5) is 2.50. The van der Waals surface area contributed by atoms with Crippen LogP contribution in [0.3, 0.4) is 0 Å². The summed E-state index contributed by atoms with van der Waals surface area (Å²) in [5.41, 5.74) is 15.6. The third-order valence-electron chi connectivity index (χ3n) is 12.2. The maximum atomic E-state index is 6.71. The second-order valence-electron chi connectivity index (χ2n) is 15.7. The second kappa shape index (κ2) is 10.2. The number of nitrogens with zero attached hydrogens (tertiary/aromatic N) is 1. The normalized spacial score (nSPS) is 14.8. The van der Waals surface area contributed by atoms with Gasteiger partial charge in [0.25, 0.3) is 0 Å². The quantitative estimate of drug-likeness (QED) is 0.174. The van der Waals surface area contributed by atoms with E-state index < -0.39 is 0 Å². The predicted octanol–water partition coefficient (Wildman–Crippen LogP) is 14.0. The van der Waals surface area contributed by atoms with Crippen molar-refractivity contribution < 1.29 is 4.42 Å². The van der Waals surface area contributed by atoms with E-state index in [2.05, 4.69) is 184 Å². The van der Waals surface area contributed by atoms with Gasteiger partial charge in [-0.05, 0) is 91.5 Å². The van der Waals surface area contributed by atoms with Crippen LogP contribution in [0.1, 0.15) is 49.9 Å². The van der Waals surface area contributed by atoms with Crippen LogP contribution in [0.2, 0.25) is 0 Å². The summed E-state index contributed by atoms with van der Waals surface area (Å²) in [5, 5.41) is 7.31. The van der Waals surface area contributed by atoms with Crippen molar-refractivity contribution >= 4 is 60.5 Å². The Morgan fingerprint density at radius 2 is 1.04 bits per heavy atom. The van der Waals surface area contributed by atoms with Crippen LogP contribution in [0.4, 0.5) is 17.1 Å². The van der Waals surface area contributed by atoms with Crippen LogP contribution in [-0.4, -0.2) is 0 Å². The first-order chi connectivity index (χ1) is 25.3. The van der Waals surface area contributed by atoms with Crippen LogP contribution in [-0.2, 0) is 10.8 Å². The fourth-order valence-electron chi connectivity index (χ4n) is 9.62. The zero-order valence-electron chi connectivity index (χ0n) is 29.8. The molecule has 1 heterocycles. The van der Waals surface area contributed by atoms with E-state index in [0.717, 1.165) is 27.9 Å². The highest BCUT2D eigenvalue weighted by atomic mass is 16.3. The molecule has 52 heavy (non-hydrogen) atoms. The molecule has 9 aromatic rings. The molecule has 0 bridgehead atoms. The third kappa shape index (κ3) is 3.84. The van der Waals surface area contributed by atoms with Gasteiger partial charge in [0.05, 0.1) is 5.69 Å². The highest BCUT2D eigenvalue weighted by Gasteiger charge is 2.39. The van der Waals surface area contributed by atoms with Gasteiger partial charge in [-0.3, -0.25) is 0 Å². The van der Waals surface area contributed by atoms with Crippen molar-refractivity contribution in [2.75, 3.05) is 4.90 Å². The van der Waals surface area contributed by atoms with Crippen molar-refractivity contribution in [3.05, 3.63) is 174 Å². The summed E-state index contributed by atoms with van der Waals surface area (Å²) in [6.07, 6.45) is 0. The molecule has 248 valence electrons. The number of benzene rings is 8. The van der Waals surface area contributed by atoms with Gasteiger partial charge in [0.1, 0.15) is 11.2 Å². The average Bonchev–Trinajstić information content (AvgIpc) is 3.74. The van der Waals surface area contributed by atoms with Crippen molar-refractivity contribution in [1.29, 1.82) is 0 Å². The van der Waals surface area contributed by atoms with Gasteiger partial charge in [0.15, 0.2) is 0 Å². The molecule has 0 spiro atoms. The van der Waals surface area contributed by atoms with Crippen molar-refractivity contribution in [2.45, 2.75) is 38.5 Å². The highest BCUT2D eigenvalue weighted by Crippen LogP contribution is 2.55. The van der Waals surface area contributed by atoms with Crippen molar-refractivity contribution in [3.63, 3.8) is 0 Å². The van der Waals surface area contributed by atoms with Crippen LogP contribution in [0.15, 0.2) is 156 Å². The molecule has 11 rings (SSSR count). The van der Waals surface area contributed by atoms with Crippen LogP contribution in [0.5, 0.6) is 0 Å². The fourth-order valence-corrected chi connectivity index (χ4v) is 9.62. The molecule has 8 aromatic carbocycles. The molecule has 0 N–H and O–H groups in total. The lowest BCUT2D eigenvalue weighted by Crippen LogP contribution is -2.17. The minimum atomic E-state index is -0.166. The Morgan fingerprint density at radius 3 is 1.90 bits per heavy atom. The Hall–Kier alpha value is -6.12. The van der Waals surface area contributed by atoms with Crippen LogP contribution < -0.4 is 4.90 Å². The summed E-state index contributed by atoms with van der Waals surface area (Å²) in [7, 11) is 0. The fraction of sp³-hybridized carbons (Fsp3) is 0.120. The summed E-state index contributed by atoms with van der Waals surface area (Å²) < 4.78 is 6.71. The molecule has 0 radical (unpaired) electrons. The number of rotatable bonds is 3. The molecule has 0 aliphatic heterocycles. The molecule has 0 unspecified atom stereocenters. The van der Waals surface area contributed by atoms with Gasteiger partial charge in [-0.15, -0.1) is 0 Å². The van der Waals surface area contributed by atoms with E-state index >= 15 is 0 Å². The molecular formula is C50H37NO. The smallest absolute Gasteiger partial charge is 0.143 e. The number of para-hydroxylation sites is 1. The Kier molecular flexibility index (Phi) is 5.83. The number of fused-ring (bicyclic) bond motifs is 13. The van der Waals surface area contributed by atoms with Gasteiger partial charge in [-0.1, -0.05) is 143 Å². The van der Waals surface area contributed by atoms with E-state index in [1.165, 1.54) is 77.1 Å². The minimum Gasteiger partial charge on any atom is -0.455 e. The molecule has 0 amide bonds. The molecule has 2 nitrogen and oxygen atoms in total. The topological polar surface area (TPSA) is 16.4 Å². The van der Waals surface area contributed by atoms with E-state index in [-0.39, 0.29) is 10.8 Å². The van der Waals surface area contributed by atoms with E-state index in [1.54, 1.807) is 0 Å². The Bertz CT molecular complexity index is 2980. The van der Waals surface area contributed by atoms with E-state index in [0.29, 0.717) is 0 Å². The Labute approximate surface area is 303 Å². The molecule has 0 saturated heterocycles. The lowest BCUT2D eigenvalue weighted by Gasteiger charge is -2.30. The molecule has 1 aromatic heterocycles. The molecular weight excluding hydrogens is 631 g/mol. The third-order valence-corrected chi connectivity index (χ3v) is 12.2. The first-order valence-corrected chi connectivity index (χ1v) is 18.4. The van der Waals surface area contributed by atoms with E-state index in [9.17, 15) is 0 Å². The summed E-state index contributed by atoms with van der Waals surface area (Å²) in [6, 6.07) is 56.2. The zero-order valence-corrected chi connectivity index (χ0v) is 29.8. The molecule has 2 aliphatic carbocycles. The van der Waals surface area contributed by atoms with Crippen LogP contribution in [0, 0.1) is 0 Å². The van der Waals surface area contributed by atoms with Gasteiger partial charge >= 0.3 is 0 Å². The highest BCUT2D eigenvalue weighted by molar-refractivity contribution is 6.15. The minimum absolute atomic E-state index is 0.118. The van der Waals surface area contributed by atoms with Gasteiger partial charge < -0.3 is 9.32 Å². The average molecular weight is 668 g/mol. The molecule has 0 saturated carbocycles. The van der Waals surface area contributed by atoms with Crippen molar-refractivity contribution in [1.82, 2.24) is 0 Å². The number of hydrogen-bond donors (Lipinski definition) is 0. The van der Waals surface area contributed by atoms with E-state index in [1.807, 2.05) is 0 Å². The lowest BCUT2D eigenvalue weighted by molar-refractivity contribution is 0.653. The molecule has 2 aliphatic rings. The molecule has 2 heteroatoms. The number of furan rings is 1. The Morgan fingerprint density at radius 1 is 0.423 bits per heavy atom. The lowest BCUT2D eigenvalue weighted by atomic mass is 9.82. The van der Waals surface area contributed by atoms with Gasteiger partial charge in [0, 0.05) is 43.9 Å². The molecule has 0 atom stereocenters. The summed E-state index contributed by atoms with van der Waals surface area (Å²) in [6.45, 7) is 9.43. The Balaban J connectivity index is 1.21. The van der Waals surface area contributed by atoms with Crippen molar-refractivity contribution in [2.24, 2.45) is 0 Å². The monoisotopic (exact) mass is 667 g/mol. The first kappa shape index (κ1) is 29.6. The standard InChI is InChI=1S/C50H37NO/c1-49(2)42-25-22-31(28-40(42)47-43(49)26-24-39-38-18-10-12-20-46(38)52-48(39)47)51(45-27-30-13-5-6-14-33(30)34-15-7-8-17-37(34)45)32-21-23-36-35-16-9-11-19-41(35)50(3,4)44(36)29-32/h5-29H,1-4H3. The van der Waals surface area contributed by atoms with Gasteiger partial charge in [-0.2, -0.15) is 0 Å². The van der Waals surface area contributed by atoms with E-state index in [4.69, 9.17) is 4.42 Å². The van der Waals surface area contributed by atoms with Crippen LogP contribution in [0.25, 0.3) is 65.7 Å². The summed E-state index contributed by atoms with van der Waals surface area (Å²) >= 11 is 0. The predicted molar refractivity (Wildman–Crippen MR) is 219 cm³/mol. The largest absolute Gasteiger partial charge is 0.455 e. The maximum Gasteiger partial charge on any atom is 0.143 e. The molecule has 0 fully saturated rings. The summed E-state index contributed by atoms with van der Waals surface area (Å²) in [5.74, 6) is 0. The van der Waals surface area contributed by atoms with Crippen LogP contribution >= 0.6 is 0 Å². The number of anilines is 3. The second-order valence-corrected chi connectivity index (χ2v) is 15.7. The zero-order chi connectivity index (χ0) is 34.9. The first-order valence-electron chi connectivity index (χ1n) is 18.4. The van der Waals surface area contributed by atoms with Gasteiger partial charge in [-0.25, -0.2) is 0 Å².